The van der Waals surface area contributed by atoms with Crippen molar-refractivity contribution >= 4 is 23.0 Å². The highest BCUT2D eigenvalue weighted by atomic mass is 32.1. The van der Waals surface area contributed by atoms with Crippen molar-refractivity contribution < 1.29 is 5.11 Å². The number of anilines is 1. The van der Waals surface area contributed by atoms with Crippen LogP contribution in [0.2, 0.25) is 0 Å². The molecular formula is C26H25N5OS. The van der Waals surface area contributed by atoms with Crippen LogP contribution in [-0.4, -0.2) is 24.8 Å². The molecule has 33 heavy (non-hydrogen) atoms. The zero-order valence-corrected chi connectivity index (χ0v) is 19.3. The predicted molar refractivity (Wildman–Crippen MR) is 133 cm³/mol. The van der Waals surface area contributed by atoms with Crippen LogP contribution in [0.5, 0.6) is 5.75 Å². The van der Waals surface area contributed by atoms with Gasteiger partial charge in [-0.1, -0.05) is 24.3 Å². The molecule has 0 unspecified atom stereocenters. The number of pyridine rings is 2. The maximum atomic E-state index is 10.7. The van der Waals surface area contributed by atoms with Gasteiger partial charge in [-0.15, -0.1) is 0 Å². The first-order chi connectivity index (χ1) is 16.0. The summed E-state index contributed by atoms with van der Waals surface area (Å²) in [7, 11) is 0. The number of phenolic OH excluding ortho intramolecular Hbond substituents is 1. The lowest BCUT2D eigenvalue weighted by molar-refractivity contribution is 0.472. The lowest BCUT2D eigenvalue weighted by Gasteiger charge is -2.28. The minimum absolute atomic E-state index is 0.161. The van der Waals surface area contributed by atoms with E-state index >= 15 is 0 Å². The molecule has 7 heteroatoms. The number of aromatic hydroxyl groups is 1. The Morgan fingerprint density at radius 2 is 1.85 bits per heavy atom. The maximum Gasteiger partial charge on any atom is 0.174 e. The number of thiocarbonyl (C=S) groups is 1. The Bertz CT molecular complexity index is 1290. The molecule has 4 heterocycles. The Morgan fingerprint density at radius 3 is 2.58 bits per heavy atom. The Kier molecular flexibility index (Phi) is 5.56. The number of hydrogen-bond donors (Lipinski definition) is 2. The molecule has 0 spiro atoms. The molecule has 3 aromatic heterocycles. The van der Waals surface area contributed by atoms with Gasteiger partial charge in [0.2, 0.25) is 0 Å². The highest BCUT2D eigenvalue weighted by Gasteiger charge is 2.42. The lowest BCUT2D eigenvalue weighted by atomic mass is 9.96. The molecule has 1 saturated heterocycles. The molecule has 0 amide bonds. The molecule has 1 aromatic carbocycles. The van der Waals surface area contributed by atoms with Crippen LogP contribution in [0.15, 0.2) is 79.3 Å². The number of hydrogen-bond acceptors (Lipinski definition) is 4. The van der Waals surface area contributed by atoms with Crippen LogP contribution < -0.4 is 10.2 Å². The second kappa shape index (κ2) is 8.67. The summed E-state index contributed by atoms with van der Waals surface area (Å²) in [6.45, 7) is 4.99. The van der Waals surface area contributed by atoms with Crippen LogP contribution in [0.4, 0.5) is 5.69 Å². The summed E-state index contributed by atoms with van der Waals surface area (Å²) in [5, 5.41) is 14.7. The Morgan fingerprint density at radius 1 is 1.03 bits per heavy atom. The van der Waals surface area contributed by atoms with Crippen molar-refractivity contribution in [3.8, 4) is 5.75 Å². The summed E-state index contributed by atoms with van der Waals surface area (Å²) in [5.74, 6) is 0.192. The molecule has 2 atom stereocenters. The first-order valence-corrected chi connectivity index (χ1v) is 11.3. The van der Waals surface area contributed by atoms with Gasteiger partial charge < -0.3 is 19.9 Å². The molecule has 166 valence electrons. The van der Waals surface area contributed by atoms with Crippen LogP contribution in [0.3, 0.4) is 0 Å². The number of phenols is 1. The van der Waals surface area contributed by atoms with Crippen LogP contribution in [0.25, 0.3) is 0 Å². The molecule has 0 saturated carbocycles. The number of nitrogens with zero attached hydrogens (tertiary/aromatic N) is 4. The molecule has 5 rings (SSSR count). The zero-order chi connectivity index (χ0) is 22.9. The van der Waals surface area contributed by atoms with E-state index < -0.39 is 0 Å². The fourth-order valence-electron chi connectivity index (χ4n) is 4.64. The van der Waals surface area contributed by atoms with Crippen molar-refractivity contribution in [1.29, 1.82) is 0 Å². The van der Waals surface area contributed by atoms with Crippen molar-refractivity contribution in [1.82, 2.24) is 19.9 Å². The number of rotatable bonds is 5. The van der Waals surface area contributed by atoms with Crippen LogP contribution in [0, 0.1) is 13.8 Å². The Labute approximate surface area is 198 Å². The summed E-state index contributed by atoms with van der Waals surface area (Å²) < 4.78 is 2.30. The molecule has 0 bridgehead atoms. The normalized spacial score (nSPS) is 17.9. The molecule has 0 aliphatic carbocycles. The minimum atomic E-state index is -0.172. The van der Waals surface area contributed by atoms with Gasteiger partial charge in [0, 0.05) is 36.5 Å². The quantitative estimate of drug-likeness (QED) is 0.421. The second-order valence-corrected chi connectivity index (χ2v) is 8.65. The number of para-hydroxylation sites is 2. The van der Waals surface area contributed by atoms with E-state index in [1.165, 1.54) is 0 Å². The van der Waals surface area contributed by atoms with E-state index in [0.29, 0.717) is 10.8 Å². The third-order valence-electron chi connectivity index (χ3n) is 6.23. The lowest BCUT2D eigenvalue weighted by Crippen LogP contribution is -2.29. The molecule has 0 radical (unpaired) electrons. The molecule has 1 fully saturated rings. The third-order valence-corrected chi connectivity index (χ3v) is 6.55. The Hall–Kier alpha value is -3.71. The van der Waals surface area contributed by atoms with E-state index in [9.17, 15) is 5.11 Å². The molecule has 2 N–H and O–H groups in total. The molecule has 1 aliphatic rings. The first-order valence-electron chi connectivity index (χ1n) is 10.9. The van der Waals surface area contributed by atoms with Gasteiger partial charge in [0.15, 0.2) is 5.11 Å². The van der Waals surface area contributed by atoms with Gasteiger partial charge in [0.1, 0.15) is 5.75 Å². The molecule has 1 aliphatic heterocycles. The highest BCUT2D eigenvalue weighted by Crippen LogP contribution is 2.45. The summed E-state index contributed by atoms with van der Waals surface area (Å²) >= 11 is 5.78. The second-order valence-electron chi connectivity index (χ2n) is 8.26. The van der Waals surface area contributed by atoms with Crippen LogP contribution >= 0.6 is 12.2 Å². The van der Waals surface area contributed by atoms with Crippen molar-refractivity contribution in [2.24, 2.45) is 0 Å². The van der Waals surface area contributed by atoms with Gasteiger partial charge in [-0.05, 0) is 73.6 Å². The van der Waals surface area contributed by atoms with E-state index in [4.69, 9.17) is 12.2 Å². The van der Waals surface area contributed by atoms with E-state index in [-0.39, 0.29) is 17.8 Å². The number of nitrogens with one attached hydrogen (secondary N) is 1. The highest BCUT2D eigenvalue weighted by molar-refractivity contribution is 7.80. The van der Waals surface area contributed by atoms with E-state index in [1.54, 1.807) is 18.5 Å². The summed E-state index contributed by atoms with van der Waals surface area (Å²) in [6, 6.07) is 19.1. The average molecular weight is 456 g/mol. The molecular weight excluding hydrogens is 430 g/mol. The van der Waals surface area contributed by atoms with Gasteiger partial charge in [-0.3, -0.25) is 9.97 Å². The monoisotopic (exact) mass is 455 g/mol. The van der Waals surface area contributed by atoms with Gasteiger partial charge in [-0.25, -0.2) is 0 Å². The third kappa shape index (κ3) is 3.85. The van der Waals surface area contributed by atoms with Crippen molar-refractivity contribution in [2.75, 3.05) is 4.90 Å². The van der Waals surface area contributed by atoms with Crippen LogP contribution in [-0.2, 0) is 6.54 Å². The van der Waals surface area contributed by atoms with E-state index in [1.807, 2.05) is 53.6 Å². The SMILES string of the molecule is Cc1cc([C@@H]2[C@H](c3ccccn3)NC(=S)N2c2ccccc2O)c(C)n1Cc1cccnc1. The predicted octanol–water partition coefficient (Wildman–Crippen LogP) is 4.83. The summed E-state index contributed by atoms with van der Waals surface area (Å²) in [5.41, 5.74) is 6.16. The van der Waals surface area contributed by atoms with Gasteiger partial charge >= 0.3 is 0 Å². The number of aromatic nitrogens is 3. The molecule has 6 nitrogen and oxygen atoms in total. The summed E-state index contributed by atoms with van der Waals surface area (Å²) in [6.07, 6.45) is 5.48. The topological polar surface area (TPSA) is 66.2 Å². The fourth-order valence-corrected chi connectivity index (χ4v) is 4.98. The van der Waals surface area contributed by atoms with Gasteiger partial charge in [0.05, 0.1) is 23.5 Å². The van der Waals surface area contributed by atoms with Crippen molar-refractivity contribution in [3.63, 3.8) is 0 Å². The smallest absolute Gasteiger partial charge is 0.174 e. The minimum Gasteiger partial charge on any atom is -0.506 e. The largest absolute Gasteiger partial charge is 0.506 e. The van der Waals surface area contributed by atoms with Crippen LogP contribution in [0.1, 0.15) is 40.3 Å². The Balaban J connectivity index is 1.64. The zero-order valence-electron chi connectivity index (χ0n) is 18.5. The van der Waals surface area contributed by atoms with E-state index in [2.05, 4.69) is 45.8 Å². The van der Waals surface area contributed by atoms with Gasteiger partial charge in [0.25, 0.3) is 0 Å². The standard InChI is InChI=1S/C26H25N5OS/c1-17-14-20(18(2)30(17)16-19-8-7-12-27-15-19)25-24(21-9-5-6-13-28-21)29-26(33)31(25)22-10-3-4-11-23(22)32/h3-15,24-25,32H,16H2,1-2H3,(H,29,33)/t24-,25+/m0/s1. The van der Waals surface area contributed by atoms with Gasteiger partial charge in [-0.2, -0.15) is 0 Å². The van der Waals surface area contributed by atoms with E-state index in [0.717, 1.165) is 34.8 Å². The first kappa shape index (κ1) is 21.2. The molecule has 4 aromatic rings. The van der Waals surface area contributed by atoms with Crippen molar-refractivity contribution in [2.45, 2.75) is 32.5 Å². The van der Waals surface area contributed by atoms with Crippen molar-refractivity contribution in [3.05, 3.63) is 107 Å². The fraction of sp³-hybridized carbons (Fsp3) is 0.192. The number of aryl methyl sites for hydroxylation is 1. The summed E-state index contributed by atoms with van der Waals surface area (Å²) in [4.78, 5) is 10.9. The number of benzene rings is 1. The average Bonchev–Trinajstić information content (AvgIpc) is 3.31. The maximum absolute atomic E-state index is 10.7.